The molecule has 3 heterocycles. The van der Waals surface area contributed by atoms with Gasteiger partial charge in [0.1, 0.15) is 0 Å². The first-order valence-electron chi connectivity index (χ1n) is 8.48. The van der Waals surface area contributed by atoms with Crippen molar-refractivity contribution in [2.24, 2.45) is 0 Å². The number of aromatic amines is 1. The Bertz CT molecular complexity index is 829. The average Bonchev–Trinajstić information content (AvgIpc) is 3.01. The maximum Gasteiger partial charge on any atom is 0.338 e. The Labute approximate surface area is 153 Å². The third-order valence-corrected chi connectivity index (χ3v) is 7.28. The Morgan fingerprint density at radius 2 is 1.73 bits per heavy atom. The number of hydrogen-bond donors (Lipinski definition) is 6. The topological polar surface area (TPSA) is 118 Å². The van der Waals surface area contributed by atoms with Gasteiger partial charge < -0.3 is 15.4 Å². The van der Waals surface area contributed by atoms with Crippen LogP contribution in [-0.2, 0) is 0 Å². The molecule has 2 aromatic heterocycles. The Hall–Kier alpha value is -2.31. The number of H-pyrrole nitrogens is 1. The molecule has 8 nitrogen and oxygen atoms in total. The number of nitrogens with one attached hydrogen (secondary N) is 4. The highest BCUT2D eigenvalue weighted by Gasteiger charge is 2.53. The largest absolute Gasteiger partial charge is 0.492 e. The van der Waals surface area contributed by atoms with Gasteiger partial charge in [0.2, 0.25) is 11.5 Å². The molecule has 0 fully saturated rings. The van der Waals surface area contributed by atoms with Crippen LogP contribution in [0.1, 0.15) is 42.4 Å². The molecule has 6 N–H and O–H groups in total. The quantitative estimate of drug-likeness (QED) is 0.444. The van der Waals surface area contributed by atoms with E-state index in [2.05, 4.69) is 30.4 Å². The van der Waals surface area contributed by atoms with E-state index in [0.29, 0.717) is 18.1 Å². The summed E-state index contributed by atoms with van der Waals surface area (Å²) in [7, 11) is -2.79. The molecule has 1 aliphatic rings. The van der Waals surface area contributed by atoms with Crippen LogP contribution in [0.5, 0.6) is 5.88 Å². The molecule has 0 spiro atoms. The maximum absolute atomic E-state index is 11.3. The van der Waals surface area contributed by atoms with Crippen molar-refractivity contribution < 1.29 is 10.00 Å². The van der Waals surface area contributed by atoms with Gasteiger partial charge >= 0.3 is 7.79 Å². The molecule has 0 aliphatic carbocycles. The third kappa shape index (κ3) is 3.48. The highest BCUT2D eigenvalue weighted by Crippen LogP contribution is 2.63. The van der Waals surface area contributed by atoms with Crippen LogP contribution in [-0.4, -0.2) is 31.5 Å². The second-order valence-electron chi connectivity index (χ2n) is 6.71. The van der Waals surface area contributed by atoms with E-state index in [0.717, 1.165) is 28.5 Å². The number of pyridine rings is 1. The second-order valence-corrected chi connectivity index (χ2v) is 9.15. The van der Waals surface area contributed by atoms with E-state index in [4.69, 9.17) is 0 Å². The molecule has 2 aromatic rings. The Morgan fingerprint density at radius 3 is 2.27 bits per heavy atom. The van der Waals surface area contributed by atoms with Crippen LogP contribution in [0, 0.1) is 20.8 Å². The molecule has 26 heavy (non-hydrogen) atoms. The lowest BCUT2D eigenvalue weighted by atomic mass is 10.2. The van der Waals surface area contributed by atoms with Gasteiger partial charge in [-0.05, 0) is 46.8 Å². The van der Waals surface area contributed by atoms with Crippen LogP contribution in [0.25, 0.3) is 0 Å². The van der Waals surface area contributed by atoms with Gasteiger partial charge in [-0.25, -0.2) is 15.1 Å². The molecule has 0 bridgehead atoms. The van der Waals surface area contributed by atoms with Crippen LogP contribution in [0.2, 0.25) is 0 Å². The van der Waals surface area contributed by atoms with Crippen LogP contribution in [0.3, 0.4) is 0 Å². The number of aryl methyl sites for hydroxylation is 3. The Morgan fingerprint density at radius 1 is 1.08 bits per heavy atom. The molecule has 1 aliphatic heterocycles. The van der Waals surface area contributed by atoms with Gasteiger partial charge in [-0.15, -0.1) is 0 Å². The minimum atomic E-state index is -2.79. The summed E-state index contributed by atoms with van der Waals surface area (Å²) in [5, 5.41) is 19.7. The van der Waals surface area contributed by atoms with Gasteiger partial charge in [0.25, 0.3) is 0 Å². The molecule has 3 rings (SSSR count). The summed E-state index contributed by atoms with van der Waals surface area (Å²) in [6, 6.07) is 3.92. The molecule has 9 heteroatoms. The van der Waals surface area contributed by atoms with E-state index < -0.39 is 13.4 Å². The summed E-state index contributed by atoms with van der Waals surface area (Å²) >= 11 is 0. The van der Waals surface area contributed by atoms with Crippen molar-refractivity contribution in [2.75, 3.05) is 11.9 Å². The van der Waals surface area contributed by atoms with Crippen molar-refractivity contribution in [1.82, 2.24) is 25.1 Å². The van der Waals surface area contributed by atoms with Crippen molar-refractivity contribution in [3.8, 4) is 5.88 Å². The predicted molar refractivity (Wildman–Crippen MR) is 104 cm³/mol. The Balaban J connectivity index is 1.88. The fraction of sp³-hybridized carbons (Fsp3) is 0.412. The molecule has 0 saturated carbocycles. The first-order valence-corrected chi connectivity index (χ1v) is 10.3. The smallest absolute Gasteiger partial charge is 0.338 e. The van der Waals surface area contributed by atoms with Gasteiger partial charge in [0, 0.05) is 5.69 Å². The maximum atomic E-state index is 11.3. The van der Waals surface area contributed by atoms with E-state index in [1.807, 2.05) is 39.8 Å². The fourth-order valence-corrected chi connectivity index (χ4v) is 5.54. The number of rotatable bonds is 5. The van der Waals surface area contributed by atoms with E-state index in [-0.39, 0.29) is 5.88 Å². The first kappa shape index (κ1) is 18.5. The number of nitrogens with zero attached hydrogens (tertiary/aromatic N) is 2. The average molecular weight is 377 g/mol. The minimum absolute atomic E-state index is 0.0506. The van der Waals surface area contributed by atoms with Crippen molar-refractivity contribution in [3.63, 3.8) is 0 Å². The van der Waals surface area contributed by atoms with Crippen LogP contribution < -0.4 is 15.5 Å². The highest BCUT2D eigenvalue weighted by molar-refractivity contribution is 7.67. The summed E-state index contributed by atoms with van der Waals surface area (Å²) in [4.78, 5) is 23.1. The summed E-state index contributed by atoms with van der Waals surface area (Å²) < 4.78 is 0. The van der Waals surface area contributed by atoms with Gasteiger partial charge in [-0.1, -0.05) is 0 Å². The van der Waals surface area contributed by atoms with E-state index in [1.54, 1.807) is 6.92 Å². The van der Waals surface area contributed by atoms with Gasteiger partial charge in [0.15, 0.2) is 5.82 Å². The minimum Gasteiger partial charge on any atom is -0.492 e. The number of imidazole rings is 1. The first-order chi connectivity index (χ1) is 12.2. The lowest BCUT2D eigenvalue weighted by Crippen LogP contribution is -2.28. The van der Waals surface area contributed by atoms with E-state index in [9.17, 15) is 10.00 Å². The normalized spacial score (nSPS) is 17.0. The van der Waals surface area contributed by atoms with Gasteiger partial charge in [-0.3, -0.25) is 4.98 Å². The SMILES string of the molecule is CC1=C(C)N[P+](O)(C(CNc2ccc(C)nc2C)c2nc(O)c(C)[nH]2)N1. The molecule has 140 valence electrons. The van der Waals surface area contributed by atoms with Crippen molar-refractivity contribution in [3.05, 3.63) is 46.4 Å². The molecule has 1 unspecified atom stereocenters. The fourth-order valence-electron chi connectivity index (χ4n) is 2.98. The van der Waals surface area contributed by atoms with Crippen LogP contribution >= 0.6 is 7.79 Å². The lowest BCUT2D eigenvalue weighted by Gasteiger charge is -2.24. The van der Waals surface area contributed by atoms with Crippen molar-refractivity contribution in [2.45, 2.75) is 40.3 Å². The molecule has 1 atom stereocenters. The van der Waals surface area contributed by atoms with E-state index >= 15 is 0 Å². The summed E-state index contributed by atoms with van der Waals surface area (Å²) in [6.07, 6.45) is 0. The van der Waals surface area contributed by atoms with Crippen LogP contribution in [0.4, 0.5) is 5.69 Å². The molecule has 0 amide bonds. The van der Waals surface area contributed by atoms with E-state index in [1.165, 1.54) is 0 Å². The summed E-state index contributed by atoms with van der Waals surface area (Å²) in [5.41, 5.74) is 4.75. The molecular weight excluding hydrogens is 351 g/mol. The molecule has 0 aromatic carbocycles. The zero-order chi connectivity index (χ0) is 19.1. The molecule has 0 radical (unpaired) electrons. The molecule has 0 saturated heterocycles. The predicted octanol–water partition coefficient (Wildman–Crippen LogP) is 2.79. The number of aromatic hydroxyl groups is 1. The van der Waals surface area contributed by atoms with Crippen molar-refractivity contribution in [1.29, 1.82) is 0 Å². The number of hydrogen-bond acceptors (Lipinski definition) is 7. The second kappa shape index (κ2) is 6.78. The highest BCUT2D eigenvalue weighted by atomic mass is 31.2. The Kier molecular flexibility index (Phi) is 4.82. The third-order valence-electron chi connectivity index (χ3n) is 4.59. The van der Waals surface area contributed by atoms with Gasteiger partial charge in [0.05, 0.1) is 35.0 Å². The summed E-state index contributed by atoms with van der Waals surface area (Å²) in [6.45, 7) is 9.90. The number of anilines is 1. The monoisotopic (exact) mass is 377 g/mol. The van der Waals surface area contributed by atoms with Crippen LogP contribution in [0.15, 0.2) is 23.5 Å². The zero-order valence-corrected chi connectivity index (χ0v) is 16.6. The zero-order valence-electron chi connectivity index (χ0n) is 15.7. The van der Waals surface area contributed by atoms with Gasteiger partial charge in [-0.2, -0.15) is 4.98 Å². The summed E-state index contributed by atoms with van der Waals surface area (Å²) in [5.74, 6) is 0.481. The molecular formula is C17H26N6O2P+. The number of aromatic nitrogens is 3. The standard InChI is InChI=1S/C17H25N6O2P/c1-9-6-7-14(12(4)19-9)18-8-15(16-20-13(5)17(24)21-16)26(25)22-10(2)11(3)23-26/h6-7,15,18,22-23,25H,8H2,1-5H3,(H-,20,21,24)/p+1. The van der Waals surface area contributed by atoms with Crippen molar-refractivity contribution >= 4 is 13.5 Å². The lowest BCUT2D eigenvalue weighted by molar-refractivity contribution is 0.451. The number of allylic oxidation sites excluding steroid dienone is 2.